The van der Waals surface area contributed by atoms with Crippen molar-refractivity contribution in [3.05, 3.63) is 30.1 Å². The van der Waals surface area contributed by atoms with Crippen LogP contribution in [-0.2, 0) is 7.05 Å². The van der Waals surface area contributed by atoms with Gasteiger partial charge in [-0.15, -0.1) is 0 Å². The van der Waals surface area contributed by atoms with Crippen LogP contribution in [0.4, 0.5) is 0 Å². The van der Waals surface area contributed by atoms with Crippen LogP contribution in [-0.4, -0.2) is 22.6 Å². The standard InChI is InChI=1S/C13H18N4/c1-17-8-16-11-6-9(2-3-12(11)17)13(14)10-4-5-15-7-10/h2-3,6,8,10,13,15H,4-5,7,14H2,1H3. The number of hydrogen-bond acceptors (Lipinski definition) is 3. The Morgan fingerprint density at radius 3 is 3.18 bits per heavy atom. The normalized spacial score (nSPS) is 22.1. The quantitative estimate of drug-likeness (QED) is 0.814. The Balaban J connectivity index is 1.94. The molecule has 2 unspecified atom stereocenters. The highest BCUT2D eigenvalue weighted by Crippen LogP contribution is 2.26. The number of rotatable bonds is 2. The van der Waals surface area contributed by atoms with Crippen molar-refractivity contribution >= 4 is 11.0 Å². The lowest BCUT2D eigenvalue weighted by Crippen LogP contribution is -2.23. The van der Waals surface area contributed by atoms with Crippen LogP contribution in [0.15, 0.2) is 24.5 Å². The fourth-order valence-corrected chi connectivity index (χ4v) is 2.62. The Morgan fingerprint density at radius 2 is 2.41 bits per heavy atom. The van der Waals surface area contributed by atoms with Gasteiger partial charge in [-0.05, 0) is 43.1 Å². The van der Waals surface area contributed by atoms with Gasteiger partial charge in [0.2, 0.25) is 0 Å². The maximum Gasteiger partial charge on any atom is 0.0955 e. The van der Waals surface area contributed by atoms with Crippen LogP contribution in [0.1, 0.15) is 18.0 Å². The number of imidazole rings is 1. The van der Waals surface area contributed by atoms with Gasteiger partial charge in [-0.25, -0.2) is 4.98 Å². The molecule has 1 aromatic heterocycles. The zero-order valence-electron chi connectivity index (χ0n) is 10.1. The summed E-state index contributed by atoms with van der Waals surface area (Å²) in [4.78, 5) is 4.38. The molecule has 4 nitrogen and oxygen atoms in total. The van der Waals surface area contributed by atoms with Gasteiger partial charge < -0.3 is 15.6 Å². The number of nitrogens with one attached hydrogen (secondary N) is 1. The van der Waals surface area contributed by atoms with Crippen LogP contribution in [0.5, 0.6) is 0 Å². The minimum Gasteiger partial charge on any atom is -0.334 e. The highest BCUT2D eigenvalue weighted by atomic mass is 15.0. The van der Waals surface area contributed by atoms with Gasteiger partial charge in [0.1, 0.15) is 0 Å². The van der Waals surface area contributed by atoms with Crippen LogP contribution in [0.3, 0.4) is 0 Å². The van der Waals surface area contributed by atoms with Crippen LogP contribution < -0.4 is 11.1 Å². The van der Waals surface area contributed by atoms with Crippen molar-refractivity contribution in [1.29, 1.82) is 0 Å². The maximum atomic E-state index is 6.32. The molecular weight excluding hydrogens is 212 g/mol. The summed E-state index contributed by atoms with van der Waals surface area (Å²) >= 11 is 0. The largest absolute Gasteiger partial charge is 0.334 e. The minimum absolute atomic E-state index is 0.122. The molecule has 2 aromatic rings. The summed E-state index contributed by atoms with van der Waals surface area (Å²) in [5, 5.41) is 3.36. The van der Waals surface area contributed by atoms with E-state index in [1.165, 1.54) is 12.0 Å². The average Bonchev–Trinajstić information content (AvgIpc) is 2.98. The maximum absolute atomic E-state index is 6.32. The number of aromatic nitrogens is 2. The highest BCUT2D eigenvalue weighted by molar-refractivity contribution is 5.76. The first kappa shape index (κ1) is 10.7. The van der Waals surface area contributed by atoms with Crippen molar-refractivity contribution in [1.82, 2.24) is 14.9 Å². The summed E-state index contributed by atoms with van der Waals surface area (Å²) in [6, 6.07) is 6.49. The first-order valence-electron chi connectivity index (χ1n) is 6.13. The third kappa shape index (κ3) is 1.83. The molecule has 4 heteroatoms. The second-order valence-corrected chi connectivity index (χ2v) is 4.88. The Bertz CT molecular complexity index is 525. The molecule has 1 aliphatic rings. The molecule has 0 aliphatic carbocycles. The summed E-state index contributed by atoms with van der Waals surface area (Å²) in [5.41, 5.74) is 9.71. The molecule has 0 saturated carbocycles. The smallest absolute Gasteiger partial charge is 0.0955 e. The SMILES string of the molecule is Cn1cnc2cc(C(N)C3CCNC3)ccc21. The number of nitrogens with two attached hydrogens (primary N) is 1. The zero-order chi connectivity index (χ0) is 11.8. The third-order valence-electron chi connectivity index (χ3n) is 3.74. The second-order valence-electron chi connectivity index (χ2n) is 4.88. The van der Waals surface area contributed by atoms with Crippen molar-refractivity contribution in [3.63, 3.8) is 0 Å². The lowest BCUT2D eigenvalue weighted by molar-refractivity contribution is 0.470. The molecule has 1 aromatic carbocycles. The van der Waals surface area contributed by atoms with E-state index in [9.17, 15) is 0 Å². The molecule has 1 fully saturated rings. The van der Waals surface area contributed by atoms with Crippen molar-refractivity contribution < 1.29 is 0 Å². The van der Waals surface area contributed by atoms with E-state index in [-0.39, 0.29) is 6.04 Å². The first-order valence-corrected chi connectivity index (χ1v) is 6.13. The third-order valence-corrected chi connectivity index (χ3v) is 3.74. The Labute approximate surface area is 101 Å². The van der Waals surface area contributed by atoms with E-state index in [0.717, 1.165) is 24.1 Å². The predicted octanol–water partition coefficient (Wildman–Crippen LogP) is 1.18. The van der Waals surface area contributed by atoms with E-state index >= 15 is 0 Å². The fraction of sp³-hybridized carbons (Fsp3) is 0.462. The molecule has 0 bridgehead atoms. The van der Waals surface area contributed by atoms with E-state index in [2.05, 4.69) is 28.5 Å². The summed E-state index contributed by atoms with van der Waals surface area (Å²) in [5.74, 6) is 0.552. The molecule has 1 aliphatic heterocycles. The van der Waals surface area contributed by atoms with Crippen molar-refractivity contribution in [2.24, 2.45) is 18.7 Å². The molecule has 3 N–H and O–H groups in total. The van der Waals surface area contributed by atoms with E-state index in [1.807, 2.05) is 17.9 Å². The monoisotopic (exact) mass is 230 g/mol. The Hall–Kier alpha value is -1.39. The van der Waals surface area contributed by atoms with Gasteiger partial charge in [-0.3, -0.25) is 0 Å². The first-order chi connectivity index (χ1) is 8.25. The lowest BCUT2D eigenvalue weighted by atomic mass is 9.93. The van der Waals surface area contributed by atoms with E-state index < -0.39 is 0 Å². The Kier molecular flexibility index (Phi) is 2.61. The van der Waals surface area contributed by atoms with Crippen LogP contribution >= 0.6 is 0 Å². The zero-order valence-corrected chi connectivity index (χ0v) is 10.1. The number of benzene rings is 1. The van der Waals surface area contributed by atoms with Gasteiger partial charge in [-0.2, -0.15) is 0 Å². The lowest BCUT2D eigenvalue weighted by Gasteiger charge is -2.18. The second kappa shape index (κ2) is 4.13. The molecule has 2 heterocycles. The van der Waals surface area contributed by atoms with Crippen LogP contribution in [0, 0.1) is 5.92 Å². The highest BCUT2D eigenvalue weighted by Gasteiger charge is 2.23. The topological polar surface area (TPSA) is 55.9 Å². The fourth-order valence-electron chi connectivity index (χ4n) is 2.62. The minimum atomic E-state index is 0.122. The van der Waals surface area contributed by atoms with E-state index in [1.54, 1.807) is 0 Å². The van der Waals surface area contributed by atoms with Crippen molar-refractivity contribution in [2.75, 3.05) is 13.1 Å². The molecule has 1 saturated heterocycles. The summed E-state index contributed by atoms with van der Waals surface area (Å²) in [6.45, 7) is 2.12. The molecule has 0 spiro atoms. The van der Waals surface area contributed by atoms with Crippen LogP contribution in [0.2, 0.25) is 0 Å². The predicted molar refractivity (Wildman–Crippen MR) is 68.6 cm³/mol. The molecular formula is C13H18N4. The summed E-state index contributed by atoms with van der Waals surface area (Å²) in [6.07, 6.45) is 3.01. The number of hydrogen-bond donors (Lipinski definition) is 2. The van der Waals surface area contributed by atoms with E-state index in [4.69, 9.17) is 5.73 Å². The average molecular weight is 230 g/mol. The van der Waals surface area contributed by atoms with Crippen molar-refractivity contribution in [3.8, 4) is 0 Å². The van der Waals surface area contributed by atoms with Gasteiger partial charge in [0.05, 0.1) is 17.4 Å². The molecule has 17 heavy (non-hydrogen) atoms. The van der Waals surface area contributed by atoms with Crippen molar-refractivity contribution in [2.45, 2.75) is 12.5 Å². The number of aryl methyl sites for hydroxylation is 1. The van der Waals surface area contributed by atoms with Gasteiger partial charge in [0, 0.05) is 13.1 Å². The van der Waals surface area contributed by atoms with Crippen LogP contribution in [0.25, 0.3) is 11.0 Å². The summed E-state index contributed by atoms with van der Waals surface area (Å²) < 4.78 is 2.03. The van der Waals surface area contributed by atoms with Gasteiger partial charge in [0.25, 0.3) is 0 Å². The molecule has 90 valence electrons. The van der Waals surface area contributed by atoms with Gasteiger partial charge in [0.15, 0.2) is 0 Å². The summed E-state index contributed by atoms with van der Waals surface area (Å²) in [7, 11) is 2.01. The van der Waals surface area contributed by atoms with Gasteiger partial charge in [-0.1, -0.05) is 6.07 Å². The Morgan fingerprint density at radius 1 is 1.53 bits per heavy atom. The van der Waals surface area contributed by atoms with Gasteiger partial charge >= 0.3 is 0 Å². The van der Waals surface area contributed by atoms with E-state index in [0.29, 0.717) is 5.92 Å². The molecule has 3 rings (SSSR count). The molecule has 2 atom stereocenters. The molecule has 0 radical (unpaired) electrons. The number of fused-ring (bicyclic) bond motifs is 1. The molecule has 0 amide bonds. The number of nitrogens with zero attached hydrogens (tertiary/aromatic N) is 2.